The van der Waals surface area contributed by atoms with Crippen LogP contribution in [0.3, 0.4) is 0 Å². The van der Waals surface area contributed by atoms with Crippen LogP contribution in [0.5, 0.6) is 0 Å². The van der Waals surface area contributed by atoms with Crippen molar-refractivity contribution in [3.05, 3.63) is 29.6 Å². The summed E-state index contributed by atoms with van der Waals surface area (Å²) in [5.74, 6) is 2.75. The van der Waals surface area contributed by atoms with Crippen molar-refractivity contribution in [2.24, 2.45) is 5.92 Å². The van der Waals surface area contributed by atoms with Crippen molar-refractivity contribution in [2.75, 3.05) is 5.88 Å². The SMILES string of the molecule is CCC1CCC(n2c(CCCl)nc3cccc(C)c32)CC1. The molecule has 1 heterocycles. The summed E-state index contributed by atoms with van der Waals surface area (Å²) >= 11 is 6.01. The molecule has 0 aliphatic heterocycles. The molecule has 1 fully saturated rings. The van der Waals surface area contributed by atoms with Crippen LogP contribution in [0.2, 0.25) is 0 Å². The monoisotopic (exact) mass is 304 g/mol. The topological polar surface area (TPSA) is 17.8 Å². The molecule has 0 radical (unpaired) electrons. The normalized spacial score (nSPS) is 22.8. The number of alkyl halides is 1. The van der Waals surface area contributed by atoms with Gasteiger partial charge in [-0.3, -0.25) is 0 Å². The number of rotatable bonds is 4. The number of nitrogens with zero attached hydrogens (tertiary/aromatic N) is 2. The molecule has 1 aliphatic rings. The van der Waals surface area contributed by atoms with Gasteiger partial charge in [0.15, 0.2) is 0 Å². The van der Waals surface area contributed by atoms with E-state index in [1.54, 1.807) is 0 Å². The molecule has 0 bridgehead atoms. The first-order valence-electron chi connectivity index (χ1n) is 8.27. The maximum atomic E-state index is 6.01. The lowest BCUT2D eigenvalue weighted by Gasteiger charge is -2.30. The van der Waals surface area contributed by atoms with Gasteiger partial charge in [-0.2, -0.15) is 0 Å². The standard InChI is InChI=1S/C18H25ClN2/c1-3-14-7-9-15(10-8-14)21-17(11-12-19)20-16-6-4-5-13(2)18(16)21/h4-6,14-15H,3,7-12H2,1-2H3. The third-order valence-electron chi connectivity index (χ3n) is 5.06. The van der Waals surface area contributed by atoms with Gasteiger partial charge in [0.05, 0.1) is 11.0 Å². The maximum absolute atomic E-state index is 6.01. The average molecular weight is 305 g/mol. The first kappa shape index (κ1) is 14.9. The van der Waals surface area contributed by atoms with Crippen molar-refractivity contribution in [2.45, 2.75) is 58.4 Å². The molecule has 0 N–H and O–H groups in total. The summed E-state index contributed by atoms with van der Waals surface area (Å²) in [5, 5.41) is 0. The molecular formula is C18H25ClN2. The highest BCUT2D eigenvalue weighted by Gasteiger charge is 2.25. The number of fused-ring (bicyclic) bond motifs is 1. The van der Waals surface area contributed by atoms with Crippen LogP contribution >= 0.6 is 11.6 Å². The lowest BCUT2D eigenvalue weighted by molar-refractivity contribution is 0.270. The Labute approximate surface area is 132 Å². The van der Waals surface area contributed by atoms with Crippen molar-refractivity contribution in [3.63, 3.8) is 0 Å². The summed E-state index contributed by atoms with van der Waals surface area (Å²) in [4.78, 5) is 4.86. The van der Waals surface area contributed by atoms with Crippen molar-refractivity contribution in [1.29, 1.82) is 0 Å². The summed E-state index contributed by atoms with van der Waals surface area (Å²) in [6.07, 6.45) is 7.47. The van der Waals surface area contributed by atoms with Crippen molar-refractivity contribution in [1.82, 2.24) is 9.55 Å². The van der Waals surface area contributed by atoms with Crippen molar-refractivity contribution >= 4 is 22.6 Å². The summed E-state index contributed by atoms with van der Waals surface area (Å²) in [5.41, 5.74) is 3.80. The number of imidazole rings is 1. The van der Waals surface area contributed by atoms with Gasteiger partial charge < -0.3 is 4.57 Å². The number of hydrogen-bond donors (Lipinski definition) is 0. The van der Waals surface area contributed by atoms with Gasteiger partial charge >= 0.3 is 0 Å². The molecule has 0 saturated heterocycles. The van der Waals surface area contributed by atoms with Gasteiger partial charge in [-0.25, -0.2) is 4.98 Å². The van der Waals surface area contributed by atoms with Crippen LogP contribution in [-0.2, 0) is 6.42 Å². The van der Waals surface area contributed by atoms with Gasteiger partial charge in [0.2, 0.25) is 0 Å². The molecule has 2 nitrogen and oxygen atoms in total. The minimum atomic E-state index is 0.608. The molecule has 114 valence electrons. The zero-order valence-corrected chi connectivity index (χ0v) is 13.9. The molecule has 1 aromatic heterocycles. The minimum Gasteiger partial charge on any atom is -0.325 e. The number of hydrogen-bond acceptors (Lipinski definition) is 1. The average Bonchev–Trinajstić information content (AvgIpc) is 2.87. The number of para-hydroxylation sites is 1. The summed E-state index contributed by atoms with van der Waals surface area (Å²) < 4.78 is 2.51. The van der Waals surface area contributed by atoms with E-state index in [-0.39, 0.29) is 0 Å². The van der Waals surface area contributed by atoms with Gasteiger partial charge in [-0.05, 0) is 50.2 Å². The highest BCUT2D eigenvalue weighted by atomic mass is 35.5. The lowest BCUT2D eigenvalue weighted by atomic mass is 9.84. The molecule has 0 unspecified atom stereocenters. The van der Waals surface area contributed by atoms with E-state index in [4.69, 9.17) is 16.6 Å². The Morgan fingerprint density at radius 1 is 1.24 bits per heavy atom. The third kappa shape index (κ3) is 2.83. The second kappa shape index (κ2) is 6.39. The lowest BCUT2D eigenvalue weighted by Crippen LogP contribution is -2.20. The molecule has 3 heteroatoms. The summed E-state index contributed by atoms with van der Waals surface area (Å²) in [6.45, 7) is 4.52. The Morgan fingerprint density at radius 2 is 2.00 bits per heavy atom. The van der Waals surface area contributed by atoms with Gasteiger partial charge in [-0.1, -0.05) is 25.5 Å². The van der Waals surface area contributed by atoms with Crippen LogP contribution in [0.25, 0.3) is 11.0 Å². The summed E-state index contributed by atoms with van der Waals surface area (Å²) in [7, 11) is 0. The van der Waals surface area contributed by atoms with E-state index in [1.807, 2.05) is 0 Å². The van der Waals surface area contributed by atoms with Crippen molar-refractivity contribution in [3.8, 4) is 0 Å². The Hall–Kier alpha value is -1.02. The predicted molar refractivity (Wildman–Crippen MR) is 90.2 cm³/mol. The molecule has 21 heavy (non-hydrogen) atoms. The number of aromatic nitrogens is 2. The minimum absolute atomic E-state index is 0.608. The van der Waals surface area contributed by atoms with E-state index in [0.29, 0.717) is 11.9 Å². The predicted octanol–water partition coefficient (Wildman–Crippen LogP) is 5.27. The summed E-state index contributed by atoms with van der Waals surface area (Å²) in [6, 6.07) is 7.04. The Balaban J connectivity index is 2.01. The molecule has 0 spiro atoms. The fraction of sp³-hybridized carbons (Fsp3) is 0.611. The van der Waals surface area contributed by atoms with Crippen LogP contribution in [-0.4, -0.2) is 15.4 Å². The number of halogens is 1. The number of aryl methyl sites for hydroxylation is 2. The van der Waals surface area contributed by atoms with Gasteiger partial charge in [0, 0.05) is 18.3 Å². The van der Waals surface area contributed by atoms with Gasteiger partial charge in [0.1, 0.15) is 5.82 Å². The second-order valence-corrected chi connectivity index (χ2v) is 6.74. The fourth-order valence-electron chi connectivity index (χ4n) is 3.83. The maximum Gasteiger partial charge on any atom is 0.111 e. The van der Waals surface area contributed by atoms with Crippen LogP contribution in [0.15, 0.2) is 18.2 Å². The zero-order chi connectivity index (χ0) is 14.8. The largest absolute Gasteiger partial charge is 0.325 e. The zero-order valence-electron chi connectivity index (χ0n) is 13.1. The molecular weight excluding hydrogens is 280 g/mol. The molecule has 2 aromatic rings. The van der Waals surface area contributed by atoms with Gasteiger partial charge in [-0.15, -0.1) is 11.6 Å². The van der Waals surface area contributed by atoms with E-state index >= 15 is 0 Å². The van der Waals surface area contributed by atoms with Crippen LogP contribution < -0.4 is 0 Å². The van der Waals surface area contributed by atoms with Crippen molar-refractivity contribution < 1.29 is 0 Å². The second-order valence-electron chi connectivity index (χ2n) is 6.36. The van der Waals surface area contributed by atoms with Crippen LogP contribution in [0.4, 0.5) is 0 Å². The molecule has 1 aromatic carbocycles. The van der Waals surface area contributed by atoms with E-state index in [1.165, 1.54) is 49.0 Å². The van der Waals surface area contributed by atoms with E-state index in [9.17, 15) is 0 Å². The first-order chi connectivity index (χ1) is 10.2. The molecule has 1 aliphatic carbocycles. The smallest absolute Gasteiger partial charge is 0.111 e. The molecule has 0 atom stereocenters. The molecule has 3 rings (SSSR count). The van der Waals surface area contributed by atoms with Gasteiger partial charge in [0.25, 0.3) is 0 Å². The van der Waals surface area contributed by atoms with E-state index < -0.39 is 0 Å². The quantitative estimate of drug-likeness (QED) is 0.704. The Kier molecular flexibility index (Phi) is 4.54. The van der Waals surface area contributed by atoms with E-state index in [2.05, 4.69) is 36.6 Å². The highest BCUT2D eigenvalue weighted by Crippen LogP contribution is 2.37. The fourth-order valence-corrected chi connectivity index (χ4v) is 4.00. The van der Waals surface area contributed by atoms with Crippen LogP contribution in [0.1, 0.15) is 56.5 Å². The number of benzene rings is 1. The highest BCUT2D eigenvalue weighted by molar-refractivity contribution is 6.17. The Bertz CT molecular complexity index is 609. The Morgan fingerprint density at radius 3 is 2.67 bits per heavy atom. The van der Waals surface area contributed by atoms with Crippen LogP contribution in [0, 0.1) is 12.8 Å². The molecule has 0 amide bonds. The third-order valence-corrected chi connectivity index (χ3v) is 5.25. The first-order valence-corrected chi connectivity index (χ1v) is 8.80. The molecule has 1 saturated carbocycles. The van der Waals surface area contributed by atoms with E-state index in [0.717, 1.165) is 17.9 Å².